The summed E-state index contributed by atoms with van der Waals surface area (Å²) in [4.78, 5) is 12.4. The highest BCUT2D eigenvalue weighted by Crippen LogP contribution is 2.25. The average molecular weight is 343 g/mol. The number of aryl methyl sites for hydroxylation is 1. The van der Waals surface area contributed by atoms with E-state index in [1.807, 2.05) is 31.2 Å². The van der Waals surface area contributed by atoms with Crippen molar-refractivity contribution in [3.63, 3.8) is 0 Å². The molecule has 1 aromatic carbocycles. The number of hydrogen-bond acceptors (Lipinski definition) is 4. The summed E-state index contributed by atoms with van der Waals surface area (Å²) in [5.41, 5.74) is 3.24. The van der Waals surface area contributed by atoms with Crippen LogP contribution in [0.15, 0.2) is 30.3 Å². The van der Waals surface area contributed by atoms with Crippen molar-refractivity contribution >= 4 is 28.3 Å². The number of anilines is 1. The summed E-state index contributed by atoms with van der Waals surface area (Å²) in [5, 5.41) is 5.24. The number of nitrogens with zero attached hydrogens (tertiary/aromatic N) is 2. The van der Waals surface area contributed by atoms with Crippen LogP contribution in [0.5, 0.6) is 0 Å². The fraction of sp³-hybridized carbons (Fsp3) is 0.333. The highest BCUT2D eigenvalue weighted by atomic mass is 35.5. The average Bonchev–Trinajstić information content (AvgIpc) is 3.21. The maximum absolute atomic E-state index is 6.04. The largest absolute Gasteiger partial charge is 0.381 e. The summed E-state index contributed by atoms with van der Waals surface area (Å²) in [5.74, 6) is 2.01. The van der Waals surface area contributed by atoms with Gasteiger partial charge >= 0.3 is 0 Å². The molecule has 1 saturated heterocycles. The number of aromatic amines is 1. The maximum Gasteiger partial charge on any atom is 0.130 e. The highest BCUT2D eigenvalue weighted by Gasteiger charge is 2.20. The zero-order valence-corrected chi connectivity index (χ0v) is 14.2. The van der Waals surface area contributed by atoms with Gasteiger partial charge in [0, 0.05) is 40.2 Å². The van der Waals surface area contributed by atoms with Gasteiger partial charge in [0.25, 0.3) is 0 Å². The summed E-state index contributed by atoms with van der Waals surface area (Å²) in [6.45, 7) is 4.16. The molecule has 4 rings (SSSR count). The molecule has 6 heteroatoms. The minimum Gasteiger partial charge on any atom is -0.381 e. The zero-order valence-electron chi connectivity index (χ0n) is 13.5. The molecule has 0 saturated carbocycles. The van der Waals surface area contributed by atoms with Crippen LogP contribution in [0.4, 0.5) is 5.82 Å². The van der Waals surface area contributed by atoms with Gasteiger partial charge in [0.1, 0.15) is 11.6 Å². The number of hydrogen-bond donors (Lipinski definition) is 2. The molecule has 5 nitrogen and oxygen atoms in total. The van der Waals surface area contributed by atoms with Crippen LogP contribution in [0.1, 0.15) is 29.6 Å². The van der Waals surface area contributed by atoms with Gasteiger partial charge in [0.15, 0.2) is 0 Å². The van der Waals surface area contributed by atoms with Crippen molar-refractivity contribution in [2.75, 3.05) is 18.5 Å². The Kier molecular flexibility index (Phi) is 4.12. The van der Waals surface area contributed by atoms with Crippen LogP contribution in [0.2, 0.25) is 5.02 Å². The third-order valence-electron chi connectivity index (χ3n) is 4.30. The third-order valence-corrected chi connectivity index (χ3v) is 4.54. The Labute approximate surface area is 145 Å². The van der Waals surface area contributed by atoms with Gasteiger partial charge in [0.2, 0.25) is 0 Å². The first kappa shape index (κ1) is 15.4. The molecule has 1 unspecified atom stereocenters. The quantitative estimate of drug-likeness (QED) is 0.751. The van der Waals surface area contributed by atoms with E-state index in [1.165, 1.54) is 0 Å². The van der Waals surface area contributed by atoms with Crippen LogP contribution < -0.4 is 5.32 Å². The smallest absolute Gasteiger partial charge is 0.130 e. The predicted octanol–water partition coefficient (Wildman–Crippen LogP) is 4.04. The van der Waals surface area contributed by atoms with E-state index >= 15 is 0 Å². The van der Waals surface area contributed by atoms with E-state index in [1.54, 1.807) is 0 Å². The fourth-order valence-corrected chi connectivity index (χ4v) is 3.28. The first-order valence-corrected chi connectivity index (χ1v) is 8.49. The SMILES string of the molecule is Cc1nc(NCc2cc3cc(Cl)ccc3[nH]2)cc(C2CCOC2)n1. The Balaban J connectivity index is 1.51. The number of ether oxygens (including phenoxy) is 1. The summed E-state index contributed by atoms with van der Waals surface area (Å²) < 4.78 is 5.47. The number of halogens is 1. The van der Waals surface area contributed by atoms with Crippen molar-refractivity contribution < 1.29 is 4.74 Å². The lowest BCUT2D eigenvalue weighted by Gasteiger charge is -2.11. The molecular formula is C18H19ClN4O. The van der Waals surface area contributed by atoms with Crippen LogP contribution in [0.25, 0.3) is 10.9 Å². The van der Waals surface area contributed by atoms with Crippen molar-refractivity contribution in [3.05, 3.63) is 52.6 Å². The van der Waals surface area contributed by atoms with Crippen molar-refractivity contribution in [3.8, 4) is 0 Å². The minimum atomic E-state index is 0.377. The second kappa shape index (κ2) is 6.42. The summed E-state index contributed by atoms with van der Waals surface area (Å²) in [6.07, 6.45) is 1.03. The molecular weight excluding hydrogens is 324 g/mol. The minimum absolute atomic E-state index is 0.377. The summed E-state index contributed by atoms with van der Waals surface area (Å²) >= 11 is 6.04. The van der Waals surface area contributed by atoms with Crippen molar-refractivity contribution in [2.24, 2.45) is 0 Å². The third kappa shape index (κ3) is 3.23. The molecule has 1 fully saturated rings. The molecule has 24 heavy (non-hydrogen) atoms. The Morgan fingerprint density at radius 1 is 1.29 bits per heavy atom. The first-order chi connectivity index (χ1) is 11.7. The summed E-state index contributed by atoms with van der Waals surface area (Å²) in [6, 6.07) is 9.99. The van der Waals surface area contributed by atoms with Gasteiger partial charge in [0.05, 0.1) is 18.8 Å². The molecule has 2 N–H and O–H groups in total. The van der Waals surface area contributed by atoms with Crippen molar-refractivity contribution in [1.82, 2.24) is 15.0 Å². The van der Waals surface area contributed by atoms with Gasteiger partial charge in [-0.1, -0.05) is 11.6 Å². The molecule has 1 atom stereocenters. The second-order valence-electron chi connectivity index (χ2n) is 6.17. The van der Waals surface area contributed by atoms with Gasteiger partial charge in [-0.25, -0.2) is 9.97 Å². The normalized spacial score (nSPS) is 17.5. The van der Waals surface area contributed by atoms with Crippen LogP contribution >= 0.6 is 11.6 Å². The molecule has 0 spiro atoms. The lowest BCUT2D eigenvalue weighted by molar-refractivity contribution is 0.193. The fourth-order valence-electron chi connectivity index (χ4n) is 3.10. The van der Waals surface area contributed by atoms with Crippen LogP contribution in [-0.4, -0.2) is 28.2 Å². The van der Waals surface area contributed by atoms with E-state index in [2.05, 4.69) is 26.3 Å². The number of fused-ring (bicyclic) bond motifs is 1. The van der Waals surface area contributed by atoms with Gasteiger partial charge in [-0.2, -0.15) is 0 Å². The monoisotopic (exact) mass is 342 g/mol. The Hall–Kier alpha value is -2.11. The standard InChI is InChI=1S/C18H19ClN4O/c1-11-21-17(12-4-5-24-10-12)8-18(22-11)20-9-15-7-13-6-14(19)2-3-16(13)23-15/h2-3,6-8,12,23H,4-5,9-10H2,1H3,(H,20,21,22). The van der Waals surface area contributed by atoms with Crippen LogP contribution in [0, 0.1) is 6.92 Å². The number of H-pyrrole nitrogens is 1. The van der Waals surface area contributed by atoms with Gasteiger partial charge in [-0.05, 0) is 37.6 Å². The van der Waals surface area contributed by atoms with Gasteiger partial charge in [-0.3, -0.25) is 0 Å². The Bertz CT molecular complexity index is 871. The van der Waals surface area contributed by atoms with Crippen LogP contribution in [-0.2, 0) is 11.3 Å². The van der Waals surface area contributed by atoms with E-state index in [9.17, 15) is 0 Å². The highest BCUT2D eigenvalue weighted by molar-refractivity contribution is 6.31. The van der Waals surface area contributed by atoms with Gasteiger partial charge < -0.3 is 15.0 Å². The lowest BCUT2D eigenvalue weighted by Crippen LogP contribution is -2.08. The molecule has 124 valence electrons. The van der Waals surface area contributed by atoms with E-state index < -0.39 is 0 Å². The molecule has 2 aromatic heterocycles. The molecule has 0 radical (unpaired) electrons. The van der Waals surface area contributed by atoms with Crippen molar-refractivity contribution in [2.45, 2.75) is 25.8 Å². The molecule has 0 amide bonds. The number of nitrogens with one attached hydrogen (secondary N) is 2. The maximum atomic E-state index is 6.04. The molecule has 0 bridgehead atoms. The topological polar surface area (TPSA) is 62.8 Å². The lowest BCUT2D eigenvalue weighted by atomic mass is 10.0. The predicted molar refractivity (Wildman–Crippen MR) is 95.6 cm³/mol. The van der Waals surface area contributed by atoms with E-state index in [0.29, 0.717) is 12.5 Å². The Morgan fingerprint density at radius 2 is 2.21 bits per heavy atom. The Morgan fingerprint density at radius 3 is 3.04 bits per heavy atom. The van der Waals surface area contributed by atoms with Gasteiger partial charge in [-0.15, -0.1) is 0 Å². The number of benzene rings is 1. The number of aromatic nitrogens is 3. The number of rotatable bonds is 4. The van der Waals surface area contributed by atoms with Crippen molar-refractivity contribution in [1.29, 1.82) is 0 Å². The first-order valence-electron chi connectivity index (χ1n) is 8.12. The zero-order chi connectivity index (χ0) is 16.5. The van der Waals surface area contributed by atoms with Crippen LogP contribution in [0.3, 0.4) is 0 Å². The molecule has 0 aliphatic carbocycles. The second-order valence-corrected chi connectivity index (χ2v) is 6.60. The van der Waals surface area contributed by atoms with E-state index in [0.717, 1.165) is 58.6 Å². The summed E-state index contributed by atoms with van der Waals surface area (Å²) in [7, 11) is 0. The van der Waals surface area contributed by atoms with E-state index in [4.69, 9.17) is 16.3 Å². The molecule has 3 heterocycles. The molecule has 3 aromatic rings. The molecule has 1 aliphatic heterocycles. The van der Waals surface area contributed by atoms with E-state index in [-0.39, 0.29) is 0 Å². The molecule has 1 aliphatic rings.